The molecule has 0 aromatic heterocycles. The van der Waals surface area contributed by atoms with Gasteiger partial charge in [0.1, 0.15) is 0 Å². The van der Waals surface area contributed by atoms with Gasteiger partial charge in [0, 0.05) is 51.9 Å². The molecule has 2 unspecified atom stereocenters. The molecule has 5 heteroatoms. The van der Waals surface area contributed by atoms with Crippen LogP contribution in [0.1, 0.15) is 60.8 Å². The largest absolute Gasteiger partial charge is 0.357 e. The zero-order chi connectivity index (χ0) is 19.4. The minimum Gasteiger partial charge on any atom is -0.357 e. The van der Waals surface area contributed by atoms with Gasteiger partial charge in [0.25, 0.3) is 0 Å². The first kappa shape index (κ1) is 23.2. The van der Waals surface area contributed by atoms with Crippen LogP contribution in [0.3, 0.4) is 0 Å². The third kappa shape index (κ3) is 10.4. The summed E-state index contributed by atoms with van der Waals surface area (Å²) in [5, 5.41) is 6.99. The van der Waals surface area contributed by atoms with Gasteiger partial charge in [-0.3, -0.25) is 4.99 Å². The zero-order valence-corrected chi connectivity index (χ0v) is 18.4. The molecule has 0 radical (unpaired) electrons. The predicted octanol–water partition coefficient (Wildman–Crippen LogP) is 3.03. The highest BCUT2D eigenvalue weighted by atomic mass is 15.3. The van der Waals surface area contributed by atoms with Gasteiger partial charge in [0.15, 0.2) is 5.96 Å². The Labute approximate surface area is 163 Å². The fourth-order valence-corrected chi connectivity index (χ4v) is 3.49. The highest BCUT2D eigenvalue weighted by Gasteiger charge is 2.17. The second-order valence-corrected chi connectivity index (χ2v) is 8.43. The van der Waals surface area contributed by atoms with E-state index in [4.69, 9.17) is 4.99 Å². The minimum absolute atomic E-state index is 0.476. The predicted molar refractivity (Wildman–Crippen MR) is 115 cm³/mol. The van der Waals surface area contributed by atoms with E-state index in [1.165, 1.54) is 52.0 Å². The first-order valence-corrected chi connectivity index (χ1v) is 10.9. The number of hydrogen-bond acceptors (Lipinski definition) is 3. The zero-order valence-electron chi connectivity index (χ0n) is 18.4. The van der Waals surface area contributed by atoms with Gasteiger partial charge in [-0.05, 0) is 38.6 Å². The van der Waals surface area contributed by atoms with E-state index in [2.05, 4.69) is 62.0 Å². The van der Waals surface area contributed by atoms with Gasteiger partial charge in [0.05, 0.1) is 0 Å². The van der Waals surface area contributed by atoms with Crippen molar-refractivity contribution in [3.05, 3.63) is 0 Å². The van der Waals surface area contributed by atoms with Crippen LogP contribution in [0.2, 0.25) is 0 Å². The molecule has 26 heavy (non-hydrogen) atoms. The van der Waals surface area contributed by atoms with Crippen LogP contribution in [-0.4, -0.2) is 74.2 Å². The normalized spacial score (nSPS) is 19.6. The van der Waals surface area contributed by atoms with E-state index in [-0.39, 0.29) is 0 Å². The van der Waals surface area contributed by atoms with E-state index >= 15 is 0 Å². The summed E-state index contributed by atoms with van der Waals surface area (Å²) in [5.74, 6) is 2.37. The molecule has 2 atom stereocenters. The lowest BCUT2D eigenvalue weighted by atomic mass is 10.0. The fraction of sp³-hybridized carbons (Fsp3) is 0.952. The highest BCUT2D eigenvalue weighted by molar-refractivity contribution is 5.80. The standard InChI is InChI=1S/C21H45N5/c1-7-22-21(24-20(6)11-9-10-18(3)4)23-16-19(5)17-26-14-12-25(8-2)13-15-26/h18-20H,7-17H2,1-6H3,(H2,22,23,24). The summed E-state index contributed by atoms with van der Waals surface area (Å²) in [6, 6.07) is 0.476. The SMILES string of the molecule is CCNC(=NCC(C)CN1CCN(CC)CC1)NC(C)CCCC(C)C. The summed E-state index contributed by atoms with van der Waals surface area (Å²) in [6.07, 6.45) is 3.80. The molecule has 0 amide bonds. The molecule has 0 bridgehead atoms. The van der Waals surface area contributed by atoms with Gasteiger partial charge in [-0.1, -0.05) is 40.5 Å². The molecule has 1 fully saturated rings. The molecule has 0 aromatic carbocycles. The number of guanidine groups is 1. The third-order valence-electron chi connectivity index (χ3n) is 5.19. The first-order valence-electron chi connectivity index (χ1n) is 10.9. The molecule has 0 aliphatic carbocycles. The van der Waals surface area contributed by atoms with Crippen LogP contribution >= 0.6 is 0 Å². The molecule has 1 aliphatic heterocycles. The molecule has 0 saturated carbocycles. The van der Waals surface area contributed by atoms with E-state index < -0.39 is 0 Å². The molecular weight excluding hydrogens is 322 g/mol. The Morgan fingerprint density at radius 2 is 1.62 bits per heavy atom. The Bertz CT molecular complexity index is 375. The second-order valence-electron chi connectivity index (χ2n) is 8.43. The van der Waals surface area contributed by atoms with Crippen molar-refractivity contribution in [2.45, 2.75) is 66.8 Å². The number of piperazine rings is 1. The molecule has 1 heterocycles. The van der Waals surface area contributed by atoms with Crippen molar-refractivity contribution in [2.24, 2.45) is 16.8 Å². The Hall–Kier alpha value is -0.810. The molecule has 1 aliphatic rings. The van der Waals surface area contributed by atoms with Crippen molar-refractivity contribution in [1.82, 2.24) is 20.4 Å². The molecule has 0 aromatic rings. The minimum atomic E-state index is 0.476. The van der Waals surface area contributed by atoms with Gasteiger partial charge in [-0.15, -0.1) is 0 Å². The summed E-state index contributed by atoms with van der Waals surface area (Å²) in [5.41, 5.74) is 0. The molecule has 5 nitrogen and oxygen atoms in total. The maximum atomic E-state index is 4.85. The van der Waals surface area contributed by atoms with Gasteiger partial charge < -0.3 is 20.4 Å². The smallest absolute Gasteiger partial charge is 0.191 e. The average Bonchev–Trinajstić information content (AvgIpc) is 2.60. The summed E-state index contributed by atoms with van der Waals surface area (Å²) in [6.45, 7) is 22.6. The van der Waals surface area contributed by atoms with Crippen LogP contribution in [-0.2, 0) is 0 Å². The lowest BCUT2D eigenvalue weighted by Gasteiger charge is -2.35. The van der Waals surface area contributed by atoms with Crippen molar-refractivity contribution in [2.75, 3.05) is 52.4 Å². The van der Waals surface area contributed by atoms with Crippen molar-refractivity contribution < 1.29 is 0 Å². The van der Waals surface area contributed by atoms with Gasteiger partial charge in [-0.2, -0.15) is 0 Å². The number of rotatable bonds is 11. The van der Waals surface area contributed by atoms with Crippen LogP contribution in [0, 0.1) is 11.8 Å². The summed E-state index contributed by atoms with van der Waals surface area (Å²) in [4.78, 5) is 9.98. The van der Waals surface area contributed by atoms with Gasteiger partial charge in [0.2, 0.25) is 0 Å². The molecule has 154 valence electrons. The molecule has 1 saturated heterocycles. The monoisotopic (exact) mass is 367 g/mol. The van der Waals surface area contributed by atoms with Crippen LogP contribution in [0.4, 0.5) is 0 Å². The first-order chi connectivity index (χ1) is 12.4. The summed E-state index contributed by atoms with van der Waals surface area (Å²) >= 11 is 0. The Kier molecular flexibility index (Phi) is 11.9. The number of hydrogen-bond donors (Lipinski definition) is 2. The third-order valence-corrected chi connectivity index (χ3v) is 5.19. The summed E-state index contributed by atoms with van der Waals surface area (Å²) < 4.78 is 0. The van der Waals surface area contributed by atoms with E-state index in [9.17, 15) is 0 Å². The quantitative estimate of drug-likeness (QED) is 0.435. The van der Waals surface area contributed by atoms with Gasteiger partial charge >= 0.3 is 0 Å². The Balaban J connectivity index is 2.34. The molecular formula is C21H45N5. The fourth-order valence-electron chi connectivity index (χ4n) is 3.49. The van der Waals surface area contributed by atoms with Crippen LogP contribution < -0.4 is 10.6 Å². The van der Waals surface area contributed by atoms with E-state index in [1.807, 2.05) is 0 Å². The van der Waals surface area contributed by atoms with Crippen LogP contribution in [0.15, 0.2) is 4.99 Å². The van der Waals surface area contributed by atoms with Crippen molar-refractivity contribution in [1.29, 1.82) is 0 Å². The van der Waals surface area contributed by atoms with Crippen molar-refractivity contribution in [3.63, 3.8) is 0 Å². The second kappa shape index (κ2) is 13.4. The number of nitrogens with zero attached hydrogens (tertiary/aromatic N) is 3. The lowest BCUT2D eigenvalue weighted by molar-refractivity contribution is 0.125. The maximum Gasteiger partial charge on any atom is 0.191 e. The van der Waals surface area contributed by atoms with Crippen molar-refractivity contribution in [3.8, 4) is 0 Å². The number of nitrogens with one attached hydrogen (secondary N) is 2. The van der Waals surface area contributed by atoms with E-state index in [1.54, 1.807) is 0 Å². The van der Waals surface area contributed by atoms with Crippen molar-refractivity contribution >= 4 is 5.96 Å². The van der Waals surface area contributed by atoms with E-state index in [0.29, 0.717) is 12.0 Å². The molecule has 0 spiro atoms. The highest BCUT2D eigenvalue weighted by Crippen LogP contribution is 2.09. The number of aliphatic imine (C=N–C) groups is 1. The van der Waals surface area contributed by atoms with Gasteiger partial charge in [-0.25, -0.2) is 0 Å². The molecule has 1 rings (SSSR count). The Morgan fingerprint density at radius 3 is 2.19 bits per heavy atom. The molecule has 2 N–H and O–H groups in total. The lowest BCUT2D eigenvalue weighted by Crippen LogP contribution is -2.47. The maximum absolute atomic E-state index is 4.85. The van der Waals surface area contributed by atoms with Crippen LogP contribution in [0.5, 0.6) is 0 Å². The summed E-state index contributed by atoms with van der Waals surface area (Å²) in [7, 11) is 0. The van der Waals surface area contributed by atoms with Crippen LogP contribution in [0.25, 0.3) is 0 Å². The topological polar surface area (TPSA) is 42.9 Å². The average molecular weight is 368 g/mol. The number of likely N-dealkylation sites (N-methyl/N-ethyl adjacent to an activating group) is 1. The van der Waals surface area contributed by atoms with E-state index in [0.717, 1.165) is 31.5 Å². The Morgan fingerprint density at radius 1 is 0.962 bits per heavy atom.